The Morgan fingerprint density at radius 3 is 2.32 bits per heavy atom. The summed E-state index contributed by atoms with van der Waals surface area (Å²) in [7, 11) is 0. The molecule has 108 valence electrons. The molecule has 0 N–H and O–H groups in total. The molecule has 0 aromatic heterocycles. The fraction of sp³-hybridized carbons (Fsp3) is 0.538. The van der Waals surface area contributed by atoms with Crippen LogP contribution in [0.15, 0.2) is 22.7 Å². The first kappa shape index (κ1) is 16.1. The van der Waals surface area contributed by atoms with Gasteiger partial charge in [0.1, 0.15) is 11.5 Å². The molecule has 0 amide bonds. The van der Waals surface area contributed by atoms with Gasteiger partial charge in [-0.25, -0.2) is 0 Å². The molecular weight excluding hydrogens is 325 g/mol. The third-order valence-electron chi connectivity index (χ3n) is 2.77. The Hall–Kier alpha value is -0.910. The van der Waals surface area contributed by atoms with Crippen LogP contribution in [0.4, 0.5) is 13.2 Å². The van der Waals surface area contributed by atoms with Crippen molar-refractivity contribution in [2.24, 2.45) is 5.92 Å². The zero-order valence-electron chi connectivity index (χ0n) is 10.8. The standard InChI is InChI=1S/C13H16BrF3O2/c1-3-9(4-2)8-18-10-5-6-12(11(14)7-10)19-13(15,16)17/h5-7,9H,3-4,8H2,1-2H3. The number of rotatable bonds is 6. The first-order valence-electron chi connectivity index (χ1n) is 6.03. The largest absolute Gasteiger partial charge is 0.573 e. The van der Waals surface area contributed by atoms with Crippen molar-refractivity contribution < 1.29 is 22.6 Å². The average Bonchev–Trinajstić information content (AvgIpc) is 2.32. The first-order chi connectivity index (χ1) is 8.85. The summed E-state index contributed by atoms with van der Waals surface area (Å²) in [5, 5.41) is 0. The minimum Gasteiger partial charge on any atom is -0.493 e. The van der Waals surface area contributed by atoms with E-state index in [2.05, 4.69) is 34.5 Å². The van der Waals surface area contributed by atoms with Gasteiger partial charge in [0.25, 0.3) is 0 Å². The predicted octanol–water partition coefficient (Wildman–Crippen LogP) is 5.16. The van der Waals surface area contributed by atoms with Crippen LogP contribution in [0.2, 0.25) is 0 Å². The fourth-order valence-electron chi connectivity index (χ4n) is 1.52. The average molecular weight is 341 g/mol. The smallest absolute Gasteiger partial charge is 0.493 e. The molecule has 19 heavy (non-hydrogen) atoms. The van der Waals surface area contributed by atoms with Crippen molar-refractivity contribution >= 4 is 15.9 Å². The van der Waals surface area contributed by atoms with Crippen LogP contribution in [0.5, 0.6) is 11.5 Å². The van der Waals surface area contributed by atoms with Gasteiger partial charge >= 0.3 is 6.36 Å². The van der Waals surface area contributed by atoms with E-state index in [1.54, 1.807) is 0 Å². The van der Waals surface area contributed by atoms with Crippen LogP contribution in [-0.4, -0.2) is 13.0 Å². The van der Waals surface area contributed by atoms with E-state index in [-0.39, 0.29) is 10.2 Å². The molecule has 0 unspecified atom stereocenters. The highest BCUT2D eigenvalue weighted by Crippen LogP contribution is 2.33. The van der Waals surface area contributed by atoms with Gasteiger partial charge in [0.2, 0.25) is 0 Å². The highest BCUT2D eigenvalue weighted by molar-refractivity contribution is 9.10. The van der Waals surface area contributed by atoms with E-state index >= 15 is 0 Å². The van der Waals surface area contributed by atoms with Gasteiger partial charge in [-0.1, -0.05) is 26.7 Å². The molecule has 6 heteroatoms. The predicted molar refractivity (Wildman–Crippen MR) is 70.4 cm³/mol. The van der Waals surface area contributed by atoms with Crippen molar-refractivity contribution in [3.05, 3.63) is 22.7 Å². The Kier molecular flexibility index (Phi) is 5.97. The molecule has 0 saturated carbocycles. The second kappa shape index (κ2) is 7.03. The maximum Gasteiger partial charge on any atom is 0.573 e. The summed E-state index contributed by atoms with van der Waals surface area (Å²) in [6.07, 6.45) is -2.68. The van der Waals surface area contributed by atoms with Crippen molar-refractivity contribution in [1.29, 1.82) is 0 Å². The van der Waals surface area contributed by atoms with Crippen LogP contribution in [0.3, 0.4) is 0 Å². The Morgan fingerprint density at radius 1 is 1.21 bits per heavy atom. The third-order valence-corrected chi connectivity index (χ3v) is 3.39. The van der Waals surface area contributed by atoms with Crippen LogP contribution in [0.1, 0.15) is 26.7 Å². The van der Waals surface area contributed by atoms with Gasteiger partial charge in [-0.3, -0.25) is 0 Å². The maximum atomic E-state index is 12.1. The molecule has 0 bridgehead atoms. The Morgan fingerprint density at radius 2 is 1.84 bits per heavy atom. The lowest BCUT2D eigenvalue weighted by molar-refractivity contribution is -0.274. The lowest BCUT2D eigenvalue weighted by atomic mass is 10.1. The Bertz CT molecular complexity index is 403. The summed E-state index contributed by atoms with van der Waals surface area (Å²) < 4.78 is 45.9. The van der Waals surface area contributed by atoms with Crippen molar-refractivity contribution in [3.8, 4) is 11.5 Å². The molecule has 0 saturated heterocycles. The number of halogens is 4. The molecule has 1 aromatic carbocycles. The SMILES string of the molecule is CCC(CC)COc1ccc(OC(F)(F)F)c(Br)c1. The normalized spacial score (nSPS) is 11.7. The van der Waals surface area contributed by atoms with E-state index in [1.807, 2.05) is 0 Å². The summed E-state index contributed by atoms with van der Waals surface area (Å²) in [4.78, 5) is 0. The van der Waals surface area contributed by atoms with Gasteiger partial charge in [-0.05, 0) is 40.0 Å². The van der Waals surface area contributed by atoms with Gasteiger partial charge in [0.15, 0.2) is 0 Å². The molecule has 0 aliphatic heterocycles. The minimum atomic E-state index is -4.69. The molecule has 1 aromatic rings. The van der Waals surface area contributed by atoms with Gasteiger partial charge in [0, 0.05) is 0 Å². The van der Waals surface area contributed by atoms with Crippen molar-refractivity contribution in [2.45, 2.75) is 33.1 Å². The minimum absolute atomic E-state index is 0.215. The van der Waals surface area contributed by atoms with Crippen LogP contribution < -0.4 is 9.47 Å². The fourth-order valence-corrected chi connectivity index (χ4v) is 1.96. The highest BCUT2D eigenvalue weighted by atomic mass is 79.9. The molecule has 0 aliphatic carbocycles. The third kappa shape index (κ3) is 5.72. The van der Waals surface area contributed by atoms with Crippen molar-refractivity contribution in [1.82, 2.24) is 0 Å². The summed E-state index contributed by atoms with van der Waals surface area (Å²) in [6, 6.07) is 4.18. The Labute approximate surface area is 119 Å². The zero-order chi connectivity index (χ0) is 14.5. The topological polar surface area (TPSA) is 18.5 Å². The van der Waals surface area contributed by atoms with Crippen LogP contribution >= 0.6 is 15.9 Å². The van der Waals surface area contributed by atoms with Crippen LogP contribution in [-0.2, 0) is 0 Å². The van der Waals surface area contributed by atoms with E-state index in [9.17, 15) is 13.2 Å². The van der Waals surface area contributed by atoms with Crippen LogP contribution in [0, 0.1) is 5.92 Å². The highest BCUT2D eigenvalue weighted by Gasteiger charge is 2.31. The maximum absolute atomic E-state index is 12.1. The molecule has 1 rings (SSSR count). The first-order valence-corrected chi connectivity index (χ1v) is 6.83. The Balaban J connectivity index is 2.66. The molecule has 0 fully saturated rings. The van der Waals surface area contributed by atoms with E-state index in [0.29, 0.717) is 18.3 Å². The van der Waals surface area contributed by atoms with Crippen molar-refractivity contribution in [2.75, 3.05) is 6.61 Å². The second-order valence-corrected chi connectivity index (χ2v) is 4.99. The van der Waals surface area contributed by atoms with Gasteiger partial charge in [-0.2, -0.15) is 0 Å². The summed E-state index contributed by atoms with van der Waals surface area (Å²) >= 11 is 3.04. The summed E-state index contributed by atoms with van der Waals surface area (Å²) in [5.41, 5.74) is 0. The molecule has 0 spiro atoms. The number of alkyl halides is 3. The second-order valence-electron chi connectivity index (χ2n) is 4.13. The number of hydrogen-bond donors (Lipinski definition) is 0. The number of benzene rings is 1. The molecule has 0 atom stereocenters. The summed E-state index contributed by atoms with van der Waals surface area (Å²) in [5.74, 6) is 0.695. The van der Waals surface area contributed by atoms with E-state index in [4.69, 9.17) is 4.74 Å². The quantitative estimate of drug-likeness (QED) is 0.711. The number of hydrogen-bond acceptors (Lipinski definition) is 2. The van der Waals surface area contributed by atoms with E-state index < -0.39 is 6.36 Å². The molecular formula is C13H16BrF3O2. The molecule has 0 aliphatic rings. The molecule has 2 nitrogen and oxygen atoms in total. The van der Waals surface area contributed by atoms with E-state index in [1.165, 1.54) is 18.2 Å². The van der Waals surface area contributed by atoms with Gasteiger partial charge in [0.05, 0.1) is 11.1 Å². The lowest BCUT2D eigenvalue weighted by Crippen LogP contribution is -2.17. The lowest BCUT2D eigenvalue weighted by Gasteiger charge is -2.15. The van der Waals surface area contributed by atoms with Gasteiger partial charge < -0.3 is 9.47 Å². The number of ether oxygens (including phenoxy) is 2. The summed E-state index contributed by atoms with van der Waals surface area (Å²) in [6.45, 7) is 4.71. The van der Waals surface area contributed by atoms with Crippen LogP contribution in [0.25, 0.3) is 0 Å². The van der Waals surface area contributed by atoms with Gasteiger partial charge in [-0.15, -0.1) is 13.2 Å². The molecule has 0 radical (unpaired) electrons. The zero-order valence-corrected chi connectivity index (χ0v) is 12.3. The monoisotopic (exact) mass is 340 g/mol. The van der Waals surface area contributed by atoms with E-state index in [0.717, 1.165) is 12.8 Å². The van der Waals surface area contributed by atoms with Crippen molar-refractivity contribution in [3.63, 3.8) is 0 Å². The molecule has 0 heterocycles.